The first-order valence-corrected chi connectivity index (χ1v) is 10.4. The van der Waals surface area contributed by atoms with E-state index in [1.807, 2.05) is 30.3 Å². The van der Waals surface area contributed by atoms with Gasteiger partial charge in [-0.05, 0) is 36.6 Å². The third kappa shape index (κ3) is 3.15. The molecular formula is C25H20N4O4. The van der Waals surface area contributed by atoms with Crippen molar-refractivity contribution in [2.75, 3.05) is 11.9 Å². The number of para-hydroxylation sites is 1. The minimum absolute atomic E-state index is 0.103. The highest BCUT2D eigenvalue weighted by atomic mass is 16.2. The molecule has 0 aliphatic carbocycles. The summed E-state index contributed by atoms with van der Waals surface area (Å²) in [5.41, 5.74) is 1.64. The molecule has 0 bridgehead atoms. The van der Waals surface area contributed by atoms with Gasteiger partial charge in [-0.2, -0.15) is 0 Å². The number of carbonyl (C=O) groups excluding carboxylic acids is 3. The molecule has 0 unspecified atom stereocenters. The van der Waals surface area contributed by atoms with Crippen molar-refractivity contribution in [2.24, 2.45) is 7.05 Å². The van der Waals surface area contributed by atoms with E-state index in [1.165, 1.54) is 4.68 Å². The van der Waals surface area contributed by atoms with Crippen molar-refractivity contribution in [3.8, 4) is 5.69 Å². The van der Waals surface area contributed by atoms with E-state index in [-0.39, 0.29) is 5.69 Å². The quantitative estimate of drug-likeness (QED) is 0.494. The van der Waals surface area contributed by atoms with Gasteiger partial charge in [-0.3, -0.25) is 28.8 Å². The van der Waals surface area contributed by atoms with Gasteiger partial charge < -0.3 is 5.32 Å². The summed E-state index contributed by atoms with van der Waals surface area (Å²) in [5.74, 6) is -1.70. The maximum atomic E-state index is 13.0. The van der Waals surface area contributed by atoms with Crippen molar-refractivity contribution in [3.05, 3.63) is 93.9 Å². The number of hydrogen-bond acceptors (Lipinski definition) is 4. The number of nitrogens with zero attached hydrogens (tertiary/aromatic N) is 3. The van der Waals surface area contributed by atoms with E-state index < -0.39 is 29.8 Å². The minimum atomic E-state index is -0.630. The van der Waals surface area contributed by atoms with Crippen molar-refractivity contribution >= 4 is 34.2 Å². The van der Waals surface area contributed by atoms with Gasteiger partial charge in [0.2, 0.25) is 5.91 Å². The van der Waals surface area contributed by atoms with E-state index in [0.717, 1.165) is 10.3 Å². The molecule has 8 nitrogen and oxygen atoms in total. The molecule has 164 valence electrons. The molecule has 0 fully saturated rings. The van der Waals surface area contributed by atoms with Crippen LogP contribution in [0.5, 0.6) is 0 Å². The van der Waals surface area contributed by atoms with Gasteiger partial charge >= 0.3 is 0 Å². The first kappa shape index (κ1) is 20.4. The number of amides is 3. The summed E-state index contributed by atoms with van der Waals surface area (Å²) in [7, 11) is 1.72. The topological polar surface area (TPSA) is 93.4 Å². The predicted octanol–water partition coefficient (Wildman–Crippen LogP) is 2.87. The molecule has 0 saturated carbocycles. The smallest absolute Gasteiger partial charge is 0.295 e. The Morgan fingerprint density at radius 2 is 1.45 bits per heavy atom. The van der Waals surface area contributed by atoms with E-state index in [1.54, 1.807) is 55.1 Å². The number of anilines is 1. The Labute approximate surface area is 188 Å². The highest BCUT2D eigenvalue weighted by molar-refractivity contribution is 6.26. The minimum Gasteiger partial charge on any atom is -0.318 e. The third-order valence-corrected chi connectivity index (χ3v) is 5.98. The van der Waals surface area contributed by atoms with Crippen molar-refractivity contribution in [2.45, 2.75) is 6.92 Å². The zero-order chi connectivity index (χ0) is 23.3. The number of nitrogens with one attached hydrogen (secondary N) is 1. The van der Waals surface area contributed by atoms with E-state index in [4.69, 9.17) is 0 Å². The zero-order valence-electron chi connectivity index (χ0n) is 18.0. The molecule has 5 rings (SSSR count). The van der Waals surface area contributed by atoms with Gasteiger partial charge in [0.15, 0.2) is 0 Å². The Kier molecular flexibility index (Phi) is 4.70. The molecule has 1 aliphatic rings. The molecule has 33 heavy (non-hydrogen) atoms. The summed E-state index contributed by atoms with van der Waals surface area (Å²) in [6, 6.07) is 19.5. The largest absolute Gasteiger partial charge is 0.318 e. The number of benzene rings is 3. The highest BCUT2D eigenvalue weighted by Crippen LogP contribution is 2.29. The molecule has 0 spiro atoms. The molecule has 0 atom stereocenters. The van der Waals surface area contributed by atoms with Gasteiger partial charge in [0.1, 0.15) is 12.2 Å². The SMILES string of the molecule is Cc1c(NC(=O)CN2C(=O)c3cccc4cccc(c34)C2=O)c(=O)n(-c2ccccc2)n1C. The molecule has 4 aromatic rings. The lowest BCUT2D eigenvalue weighted by Gasteiger charge is -2.26. The van der Waals surface area contributed by atoms with E-state index in [9.17, 15) is 19.2 Å². The van der Waals surface area contributed by atoms with Gasteiger partial charge in [-0.25, -0.2) is 4.68 Å². The molecule has 8 heteroatoms. The lowest BCUT2D eigenvalue weighted by Crippen LogP contribution is -2.45. The van der Waals surface area contributed by atoms with Crippen LogP contribution in [0.1, 0.15) is 26.4 Å². The van der Waals surface area contributed by atoms with Crippen LogP contribution in [0.4, 0.5) is 5.69 Å². The van der Waals surface area contributed by atoms with Crippen LogP contribution in [0.15, 0.2) is 71.5 Å². The van der Waals surface area contributed by atoms with Crippen LogP contribution in [0, 0.1) is 6.92 Å². The summed E-state index contributed by atoms with van der Waals surface area (Å²) in [6.07, 6.45) is 0. The number of hydrogen-bond donors (Lipinski definition) is 1. The molecule has 3 aromatic carbocycles. The van der Waals surface area contributed by atoms with Crippen molar-refractivity contribution in [3.63, 3.8) is 0 Å². The number of rotatable bonds is 4. The second-order valence-corrected chi connectivity index (χ2v) is 7.89. The second-order valence-electron chi connectivity index (χ2n) is 7.89. The Bertz CT molecular complexity index is 1460. The summed E-state index contributed by atoms with van der Waals surface area (Å²) in [6.45, 7) is 1.21. The van der Waals surface area contributed by atoms with Gasteiger partial charge in [0.05, 0.1) is 11.4 Å². The van der Waals surface area contributed by atoms with Crippen LogP contribution in [0.3, 0.4) is 0 Å². The fourth-order valence-electron chi connectivity index (χ4n) is 4.26. The van der Waals surface area contributed by atoms with Crippen LogP contribution < -0.4 is 10.9 Å². The average Bonchev–Trinajstić information content (AvgIpc) is 3.03. The Morgan fingerprint density at radius 3 is 2.06 bits per heavy atom. The highest BCUT2D eigenvalue weighted by Gasteiger charge is 2.34. The Hall–Kier alpha value is -4.46. The predicted molar refractivity (Wildman–Crippen MR) is 124 cm³/mol. The molecule has 2 heterocycles. The van der Waals surface area contributed by atoms with Crippen LogP contribution in [0.2, 0.25) is 0 Å². The Balaban J connectivity index is 1.44. The maximum Gasteiger partial charge on any atom is 0.295 e. The van der Waals surface area contributed by atoms with Crippen molar-refractivity contribution < 1.29 is 14.4 Å². The first-order chi connectivity index (χ1) is 15.9. The summed E-state index contributed by atoms with van der Waals surface area (Å²) in [5, 5.41) is 3.99. The molecule has 1 aromatic heterocycles. The molecule has 0 saturated heterocycles. The second kappa shape index (κ2) is 7.59. The lowest BCUT2D eigenvalue weighted by molar-refractivity contribution is -0.116. The number of aromatic nitrogens is 2. The summed E-state index contributed by atoms with van der Waals surface area (Å²) >= 11 is 0. The molecule has 1 N–H and O–H groups in total. The normalized spacial score (nSPS) is 13.0. The average molecular weight is 440 g/mol. The number of imide groups is 1. The van der Waals surface area contributed by atoms with Gasteiger partial charge in [-0.15, -0.1) is 0 Å². The summed E-state index contributed by atoms with van der Waals surface area (Å²) < 4.78 is 3.08. The van der Waals surface area contributed by atoms with Crippen molar-refractivity contribution in [1.29, 1.82) is 0 Å². The molecule has 3 amide bonds. The fraction of sp³-hybridized carbons (Fsp3) is 0.120. The fourth-order valence-corrected chi connectivity index (χ4v) is 4.26. The van der Waals surface area contributed by atoms with Crippen LogP contribution >= 0.6 is 0 Å². The molecule has 1 aliphatic heterocycles. The van der Waals surface area contributed by atoms with Crippen LogP contribution in [-0.2, 0) is 11.8 Å². The molecular weight excluding hydrogens is 420 g/mol. The molecule has 0 radical (unpaired) electrons. The maximum absolute atomic E-state index is 13.0. The standard InChI is InChI=1S/C25H20N4O4/c1-15-22(25(33)29(27(15)2)17-10-4-3-5-11-17)26-20(30)14-28-23(31)18-12-6-8-16-9-7-13-19(21(16)18)24(28)32/h3-13H,14H2,1-2H3,(H,26,30). The third-order valence-electron chi connectivity index (χ3n) is 5.98. The van der Waals surface area contributed by atoms with E-state index in [0.29, 0.717) is 27.9 Å². The van der Waals surface area contributed by atoms with E-state index >= 15 is 0 Å². The monoisotopic (exact) mass is 440 g/mol. The van der Waals surface area contributed by atoms with Crippen molar-refractivity contribution in [1.82, 2.24) is 14.3 Å². The van der Waals surface area contributed by atoms with Gasteiger partial charge in [-0.1, -0.05) is 42.5 Å². The first-order valence-electron chi connectivity index (χ1n) is 10.4. The van der Waals surface area contributed by atoms with Gasteiger partial charge in [0.25, 0.3) is 17.4 Å². The van der Waals surface area contributed by atoms with Crippen LogP contribution in [0.25, 0.3) is 16.5 Å². The van der Waals surface area contributed by atoms with Crippen LogP contribution in [-0.4, -0.2) is 38.5 Å². The van der Waals surface area contributed by atoms with E-state index in [2.05, 4.69) is 5.32 Å². The Morgan fingerprint density at radius 1 is 0.848 bits per heavy atom. The zero-order valence-corrected chi connectivity index (χ0v) is 18.0. The number of carbonyl (C=O) groups is 3. The summed E-state index contributed by atoms with van der Waals surface area (Å²) in [4.78, 5) is 52.9. The van der Waals surface area contributed by atoms with Gasteiger partial charge in [0, 0.05) is 23.6 Å². The lowest BCUT2D eigenvalue weighted by atomic mass is 9.94.